The van der Waals surface area contributed by atoms with Crippen LogP contribution >= 0.6 is 0 Å². The van der Waals surface area contributed by atoms with Crippen molar-refractivity contribution in [3.8, 4) is 17.6 Å². The zero-order valence-electron chi connectivity index (χ0n) is 8.22. The summed E-state index contributed by atoms with van der Waals surface area (Å²) in [5, 5.41) is 0. The lowest BCUT2D eigenvalue weighted by Gasteiger charge is -2.01. The van der Waals surface area contributed by atoms with Gasteiger partial charge in [-0.25, -0.2) is 4.39 Å². The highest BCUT2D eigenvalue weighted by atomic mass is 19.1. The van der Waals surface area contributed by atoms with Gasteiger partial charge >= 0.3 is 0 Å². The maximum Gasteiger partial charge on any atom is 0.165 e. The highest BCUT2D eigenvalue weighted by Crippen LogP contribution is 2.14. The Hall–Kier alpha value is -1.49. The molecule has 0 fully saturated rings. The third-order valence-electron chi connectivity index (χ3n) is 1.64. The first-order valence-electron chi connectivity index (χ1n) is 4.67. The van der Waals surface area contributed by atoms with Gasteiger partial charge in [0.15, 0.2) is 11.6 Å². The first-order valence-corrected chi connectivity index (χ1v) is 4.67. The summed E-state index contributed by atoms with van der Waals surface area (Å²) in [4.78, 5) is 0. The molecule has 1 nitrogen and oxygen atoms in total. The second kappa shape index (κ2) is 6.04. The number of para-hydroxylation sites is 1. The van der Waals surface area contributed by atoms with Gasteiger partial charge in [-0.15, -0.1) is 0 Å². The van der Waals surface area contributed by atoms with E-state index < -0.39 is 0 Å². The maximum atomic E-state index is 13.0. The molecule has 0 saturated heterocycles. The van der Waals surface area contributed by atoms with Crippen LogP contribution in [0.25, 0.3) is 0 Å². The number of hydrogen-bond acceptors (Lipinski definition) is 1. The van der Waals surface area contributed by atoms with E-state index in [9.17, 15) is 4.39 Å². The van der Waals surface area contributed by atoms with Crippen molar-refractivity contribution >= 4 is 0 Å². The molecule has 0 atom stereocenters. The molecule has 0 aliphatic heterocycles. The summed E-state index contributed by atoms with van der Waals surface area (Å²) in [6, 6.07) is 6.33. The van der Waals surface area contributed by atoms with Crippen LogP contribution in [0.5, 0.6) is 5.75 Å². The molecule has 14 heavy (non-hydrogen) atoms. The number of rotatable bonds is 3. The average Bonchev–Trinajstić information content (AvgIpc) is 2.20. The Labute approximate surface area is 83.9 Å². The number of halogens is 1. The van der Waals surface area contributed by atoms with Crippen molar-refractivity contribution in [2.45, 2.75) is 19.8 Å². The summed E-state index contributed by atoms with van der Waals surface area (Å²) in [6.45, 7) is 2.31. The van der Waals surface area contributed by atoms with Crippen molar-refractivity contribution < 1.29 is 9.13 Å². The van der Waals surface area contributed by atoms with E-state index in [1.807, 2.05) is 0 Å². The van der Waals surface area contributed by atoms with Crippen LogP contribution in [0.2, 0.25) is 0 Å². The summed E-state index contributed by atoms with van der Waals surface area (Å²) in [7, 11) is 0. The molecule has 0 aromatic heterocycles. The van der Waals surface area contributed by atoms with E-state index in [-0.39, 0.29) is 18.2 Å². The number of unbranched alkanes of at least 4 members (excludes halogenated alkanes) is 1. The van der Waals surface area contributed by atoms with Gasteiger partial charge in [-0.05, 0) is 18.6 Å². The van der Waals surface area contributed by atoms with Gasteiger partial charge in [-0.3, -0.25) is 0 Å². The predicted octanol–water partition coefficient (Wildman–Crippen LogP) is 3.01. The number of ether oxygens (including phenoxy) is 1. The highest BCUT2D eigenvalue weighted by Gasteiger charge is 1.98. The number of hydrogen-bond donors (Lipinski definition) is 0. The van der Waals surface area contributed by atoms with E-state index in [4.69, 9.17) is 4.74 Å². The third-order valence-corrected chi connectivity index (χ3v) is 1.64. The minimum absolute atomic E-state index is 0.251. The van der Waals surface area contributed by atoms with Crippen LogP contribution in [0.1, 0.15) is 19.8 Å². The normalized spacial score (nSPS) is 9.00. The van der Waals surface area contributed by atoms with E-state index in [1.165, 1.54) is 6.07 Å². The Balaban J connectivity index is 2.40. The fourth-order valence-electron chi connectivity index (χ4n) is 0.940. The largest absolute Gasteiger partial charge is 0.478 e. The molecule has 0 radical (unpaired) electrons. The van der Waals surface area contributed by atoms with Crippen molar-refractivity contribution in [2.75, 3.05) is 6.61 Å². The molecule has 1 aromatic rings. The molecule has 0 bridgehead atoms. The summed E-state index contributed by atoms with van der Waals surface area (Å²) in [6.07, 6.45) is 1.90. The lowest BCUT2D eigenvalue weighted by Crippen LogP contribution is -1.95. The average molecular weight is 192 g/mol. The van der Waals surface area contributed by atoms with Crippen LogP contribution in [0, 0.1) is 17.7 Å². The molecular formula is C12H13FO. The molecule has 0 unspecified atom stereocenters. The topological polar surface area (TPSA) is 9.23 Å². The standard InChI is InChI=1S/C12H13FO/c1-2-3-4-7-10-14-12-9-6-5-8-11(12)13/h5-6,8-9H,2-3,10H2,1H3. The Kier molecular flexibility index (Phi) is 4.57. The van der Waals surface area contributed by atoms with Crippen LogP contribution in [0.4, 0.5) is 4.39 Å². The quantitative estimate of drug-likeness (QED) is 0.669. The zero-order valence-corrected chi connectivity index (χ0v) is 8.22. The Bertz CT molecular complexity index is 336. The Morgan fingerprint density at radius 1 is 1.29 bits per heavy atom. The fraction of sp³-hybridized carbons (Fsp3) is 0.333. The second-order valence-electron chi connectivity index (χ2n) is 2.82. The van der Waals surface area contributed by atoms with Crippen molar-refractivity contribution in [3.63, 3.8) is 0 Å². The minimum atomic E-state index is -0.343. The van der Waals surface area contributed by atoms with Gasteiger partial charge in [0.1, 0.15) is 6.61 Å². The molecule has 0 amide bonds. The second-order valence-corrected chi connectivity index (χ2v) is 2.82. The molecule has 0 aliphatic carbocycles. The van der Waals surface area contributed by atoms with Crippen molar-refractivity contribution in [3.05, 3.63) is 30.1 Å². The van der Waals surface area contributed by atoms with Crippen molar-refractivity contribution in [1.82, 2.24) is 0 Å². The van der Waals surface area contributed by atoms with Crippen LogP contribution < -0.4 is 4.74 Å². The van der Waals surface area contributed by atoms with Gasteiger partial charge < -0.3 is 4.74 Å². The van der Waals surface area contributed by atoms with Gasteiger partial charge in [0.25, 0.3) is 0 Å². The molecule has 1 aromatic carbocycles. The molecule has 74 valence electrons. The number of benzene rings is 1. The van der Waals surface area contributed by atoms with Crippen LogP contribution in [0.3, 0.4) is 0 Å². The summed E-state index contributed by atoms with van der Waals surface area (Å²) in [5.41, 5.74) is 0. The molecule has 0 aliphatic rings. The molecule has 2 heteroatoms. The summed E-state index contributed by atoms with van der Waals surface area (Å²) < 4.78 is 18.1. The van der Waals surface area contributed by atoms with Gasteiger partial charge in [0.05, 0.1) is 0 Å². The van der Waals surface area contributed by atoms with Crippen LogP contribution in [-0.4, -0.2) is 6.61 Å². The Morgan fingerprint density at radius 2 is 2.07 bits per heavy atom. The van der Waals surface area contributed by atoms with Gasteiger partial charge in [0.2, 0.25) is 0 Å². The molecule has 0 heterocycles. The lowest BCUT2D eigenvalue weighted by molar-refractivity contribution is 0.348. The Morgan fingerprint density at radius 3 is 2.79 bits per heavy atom. The van der Waals surface area contributed by atoms with Crippen molar-refractivity contribution in [2.24, 2.45) is 0 Å². The monoisotopic (exact) mass is 192 g/mol. The predicted molar refractivity (Wildman–Crippen MR) is 54.6 cm³/mol. The van der Waals surface area contributed by atoms with E-state index in [1.54, 1.807) is 18.2 Å². The van der Waals surface area contributed by atoms with E-state index in [0.717, 1.165) is 12.8 Å². The molecule has 0 spiro atoms. The first-order chi connectivity index (χ1) is 6.84. The minimum Gasteiger partial charge on any atom is -0.478 e. The van der Waals surface area contributed by atoms with Gasteiger partial charge in [0, 0.05) is 6.42 Å². The SMILES string of the molecule is CCCC#CCOc1ccccc1F. The van der Waals surface area contributed by atoms with Crippen LogP contribution in [-0.2, 0) is 0 Å². The molecule has 0 saturated carbocycles. The van der Waals surface area contributed by atoms with Gasteiger partial charge in [-0.1, -0.05) is 30.9 Å². The van der Waals surface area contributed by atoms with E-state index >= 15 is 0 Å². The zero-order chi connectivity index (χ0) is 10.2. The summed E-state index contributed by atoms with van der Waals surface area (Å²) in [5.74, 6) is 5.67. The third kappa shape index (κ3) is 3.49. The van der Waals surface area contributed by atoms with Gasteiger partial charge in [-0.2, -0.15) is 0 Å². The smallest absolute Gasteiger partial charge is 0.165 e. The lowest BCUT2D eigenvalue weighted by atomic mass is 10.3. The van der Waals surface area contributed by atoms with Crippen LogP contribution in [0.15, 0.2) is 24.3 Å². The van der Waals surface area contributed by atoms with E-state index in [2.05, 4.69) is 18.8 Å². The maximum absolute atomic E-state index is 13.0. The van der Waals surface area contributed by atoms with E-state index in [0.29, 0.717) is 0 Å². The fourth-order valence-corrected chi connectivity index (χ4v) is 0.940. The molecule has 0 N–H and O–H groups in total. The first kappa shape index (κ1) is 10.6. The molecule has 1 rings (SSSR count). The summed E-state index contributed by atoms with van der Waals surface area (Å²) >= 11 is 0. The van der Waals surface area contributed by atoms with Crippen molar-refractivity contribution in [1.29, 1.82) is 0 Å². The highest BCUT2D eigenvalue weighted by molar-refractivity contribution is 5.24. The molecular weight excluding hydrogens is 179 g/mol.